The second kappa shape index (κ2) is 8.96. The van der Waals surface area contributed by atoms with E-state index in [9.17, 15) is 0 Å². The number of hydrogen-bond donors (Lipinski definition) is 2. The van der Waals surface area contributed by atoms with Crippen molar-refractivity contribution in [2.24, 2.45) is 0 Å². The Hall–Kier alpha value is -1.33. The first-order chi connectivity index (χ1) is 10.7. The van der Waals surface area contributed by atoms with E-state index >= 15 is 0 Å². The van der Waals surface area contributed by atoms with Crippen LogP contribution in [0.5, 0.6) is 0 Å². The maximum absolute atomic E-state index is 5.27. The summed E-state index contributed by atoms with van der Waals surface area (Å²) in [7, 11) is 0. The van der Waals surface area contributed by atoms with Gasteiger partial charge < -0.3 is 15.5 Å². The average Bonchev–Trinajstić information content (AvgIpc) is 2.58. The van der Waals surface area contributed by atoms with Gasteiger partial charge in [0.2, 0.25) is 0 Å². The molecule has 2 N–H and O–H groups in total. The van der Waals surface area contributed by atoms with Crippen molar-refractivity contribution >= 4 is 23.0 Å². The largest absolute Gasteiger partial charge is 0.369 e. The van der Waals surface area contributed by atoms with Crippen LogP contribution < -0.4 is 15.5 Å². The zero-order chi connectivity index (χ0) is 15.8. The van der Waals surface area contributed by atoms with E-state index in [0.717, 1.165) is 50.8 Å². The Morgan fingerprint density at radius 2 is 1.82 bits per heavy atom. The molecule has 1 heterocycles. The molecule has 122 valence electrons. The number of benzene rings is 1. The smallest absolute Gasteiger partial charge is 0.166 e. The number of nitrogens with one attached hydrogen (secondary N) is 2. The number of piperazine rings is 1. The van der Waals surface area contributed by atoms with E-state index in [4.69, 9.17) is 12.2 Å². The zero-order valence-electron chi connectivity index (χ0n) is 13.7. The quantitative estimate of drug-likeness (QED) is 0.784. The normalized spacial score (nSPS) is 17.1. The molecule has 2 rings (SSSR count). The number of rotatable bonds is 6. The summed E-state index contributed by atoms with van der Waals surface area (Å²) in [5, 5.41) is 7.31. The van der Waals surface area contributed by atoms with Crippen molar-refractivity contribution in [1.82, 2.24) is 15.5 Å². The molecule has 0 bridgehead atoms. The molecule has 1 aromatic rings. The van der Waals surface area contributed by atoms with Gasteiger partial charge in [-0.2, -0.15) is 0 Å². The molecule has 22 heavy (non-hydrogen) atoms. The number of anilines is 1. The molecule has 1 atom stereocenters. The Labute approximate surface area is 139 Å². The van der Waals surface area contributed by atoms with Crippen LogP contribution in [-0.4, -0.2) is 55.3 Å². The van der Waals surface area contributed by atoms with E-state index in [1.807, 2.05) is 0 Å². The van der Waals surface area contributed by atoms with Gasteiger partial charge in [-0.15, -0.1) is 0 Å². The van der Waals surface area contributed by atoms with Crippen molar-refractivity contribution in [3.05, 3.63) is 30.3 Å². The predicted octanol–water partition coefficient (Wildman–Crippen LogP) is 2.07. The van der Waals surface area contributed by atoms with Crippen LogP contribution in [0.2, 0.25) is 0 Å². The fourth-order valence-corrected chi connectivity index (χ4v) is 2.92. The van der Waals surface area contributed by atoms with Gasteiger partial charge in [0.15, 0.2) is 5.11 Å². The molecule has 0 radical (unpaired) electrons. The fraction of sp³-hybridized carbons (Fsp3) is 0.588. The van der Waals surface area contributed by atoms with E-state index in [1.165, 1.54) is 5.69 Å². The Morgan fingerprint density at radius 3 is 2.45 bits per heavy atom. The van der Waals surface area contributed by atoms with Crippen LogP contribution in [0.4, 0.5) is 5.69 Å². The first-order valence-electron chi connectivity index (χ1n) is 8.26. The lowest BCUT2D eigenvalue weighted by Gasteiger charge is -2.39. The minimum absolute atomic E-state index is 0.499. The van der Waals surface area contributed by atoms with Gasteiger partial charge in [-0.25, -0.2) is 0 Å². The Bertz CT molecular complexity index is 443. The highest BCUT2D eigenvalue weighted by atomic mass is 32.1. The summed E-state index contributed by atoms with van der Waals surface area (Å²) in [6.45, 7) is 10.6. The Balaban J connectivity index is 1.71. The summed E-state index contributed by atoms with van der Waals surface area (Å²) in [6.07, 6.45) is 1.10. The fourth-order valence-electron chi connectivity index (χ4n) is 2.73. The molecule has 0 saturated carbocycles. The molecule has 5 heteroatoms. The Kier molecular flexibility index (Phi) is 6.93. The van der Waals surface area contributed by atoms with Crippen molar-refractivity contribution in [2.45, 2.75) is 26.3 Å². The zero-order valence-corrected chi connectivity index (χ0v) is 14.5. The van der Waals surface area contributed by atoms with Crippen LogP contribution in [0.1, 0.15) is 20.3 Å². The first kappa shape index (κ1) is 17.0. The summed E-state index contributed by atoms with van der Waals surface area (Å²) in [6, 6.07) is 11.2. The molecule has 0 spiro atoms. The van der Waals surface area contributed by atoms with Gasteiger partial charge in [0.05, 0.1) is 0 Å². The van der Waals surface area contributed by atoms with Gasteiger partial charge >= 0.3 is 0 Å². The standard InChI is InChI=1S/C17H28N4S/c1-3-9-18-17(22)19-14-15(2)20-10-12-21(13-11-20)16-7-5-4-6-8-16/h4-8,15H,3,9-14H2,1-2H3,(H2,18,19,22). The molecule has 0 amide bonds. The minimum Gasteiger partial charge on any atom is -0.369 e. The molecule has 1 fully saturated rings. The number of para-hydroxylation sites is 1. The van der Waals surface area contributed by atoms with Gasteiger partial charge in [-0.3, -0.25) is 4.90 Å². The lowest BCUT2D eigenvalue weighted by Crippen LogP contribution is -2.53. The van der Waals surface area contributed by atoms with Crippen LogP contribution in [-0.2, 0) is 0 Å². The summed E-state index contributed by atoms with van der Waals surface area (Å²) in [5.41, 5.74) is 1.33. The van der Waals surface area contributed by atoms with Crippen LogP contribution in [0.25, 0.3) is 0 Å². The monoisotopic (exact) mass is 320 g/mol. The highest BCUT2D eigenvalue weighted by molar-refractivity contribution is 7.80. The maximum atomic E-state index is 5.27. The third kappa shape index (κ3) is 5.14. The Morgan fingerprint density at radius 1 is 1.14 bits per heavy atom. The highest BCUT2D eigenvalue weighted by Crippen LogP contribution is 2.16. The molecule has 1 aliphatic heterocycles. The lowest BCUT2D eigenvalue weighted by atomic mass is 10.2. The number of thiocarbonyl (C=S) groups is 1. The van der Waals surface area contributed by atoms with E-state index in [2.05, 4.69) is 64.6 Å². The van der Waals surface area contributed by atoms with E-state index < -0.39 is 0 Å². The van der Waals surface area contributed by atoms with Crippen molar-refractivity contribution < 1.29 is 0 Å². The predicted molar refractivity (Wildman–Crippen MR) is 98.6 cm³/mol. The number of nitrogens with zero attached hydrogens (tertiary/aromatic N) is 2. The van der Waals surface area contributed by atoms with Crippen molar-refractivity contribution in [3.63, 3.8) is 0 Å². The first-order valence-corrected chi connectivity index (χ1v) is 8.67. The molecular weight excluding hydrogens is 292 g/mol. The molecular formula is C17H28N4S. The number of hydrogen-bond acceptors (Lipinski definition) is 3. The van der Waals surface area contributed by atoms with Crippen LogP contribution in [0, 0.1) is 0 Å². The molecule has 0 aliphatic carbocycles. The van der Waals surface area contributed by atoms with Crippen molar-refractivity contribution in [3.8, 4) is 0 Å². The third-order valence-corrected chi connectivity index (χ3v) is 4.44. The molecule has 1 unspecified atom stereocenters. The maximum Gasteiger partial charge on any atom is 0.166 e. The molecule has 0 aromatic heterocycles. The topological polar surface area (TPSA) is 30.5 Å². The van der Waals surface area contributed by atoms with E-state index in [0.29, 0.717) is 6.04 Å². The van der Waals surface area contributed by atoms with Gasteiger partial charge in [0.25, 0.3) is 0 Å². The third-order valence-electron chi connectivity index (χ3n) is 4.15. The molecule has 1 aliphatic rings. The van der Waals surface area contributed by atoms with E-state index in [-0.39, 0.29) is 0 Å². The molecule has 1 aromatic carbocycles. The van der Waals surface area contributed by atoms with Crippen molar-refractivity contribution in [1.29, 1.82) is 0 Å². The summed E-state index contributed by atoms with van der Waals surface area (Å²) >= 11 is 5.27. The summed E-state index contributed by atoms with van der Waals surface area (Å²) < 4.78 is 0. The molecule has 1 saturated heterocycles. The summed E-state index contributed by atoms with van der Waals surface area (Å²) in [4.78, 5) is 5.00. The second-order valence-corrected chi connectivity index (χ2v) is 6.25. The van der Waals surface area contributed by atoms with E-state index in [1.54, 1.807) is 0 Å². The van der Waals surface area contributed by atoms with Gasteiger partial charge in [0.1, 0.15) is 0 Å². The summed E-state index contributed by atoms with van der Waals surface area (Å²) in [5.74, 6) is 0. The van der Waals surface area contributed by atoms with Crippen LogP contribution in [0.15, 0.2) is 30.3 Å². The average molecular weight is 321 g/mol. The minimum atomic E-state index is 0.499. The van der Waals surface area contributed by atoms with Crippen molar-refractivity contribution in [2.75, 3.05) is 44.2 Å². The second-order valence-electron chi connectivity index (χ2n) is 5.84. The van der Waals surface area contributed by atoms with Crippen LogP contribution >= 0.6 is 12.2 Å². The van der Waals surface area contributed by atoms with Gasteiger partial charge in [-0.1, -0.05) is 25.1 Å². The van der Waals surface area contributed by atoms with Gasteiger partial charge in [0, 0.05) is 51.0 Å². The lowest BCUT2D eigenvalue weighted by molar-refractivity contribution is 0.197. The highest BCUT2D eigenvalue weighted by Gasteiger charge is 2.21. The SMILES string of the molecule is CCCNC(=S)NCC(C)N1CCN(c2ccccc2)CC1. The van der Waals surface area contributed by atoms with Crippen LogP contribution in [0.3, 0.4) is 0 Å². The molecule has 4 nitrogen and oxygen atoms in total. The van der Waals surface area contributed by atoms with Gasteiger partial charge in [-0.05, 0) is 37.7 Å².